The van der Waals surface area contributed by atoms with Gasteiger partial charge in [-0.3, -0.25) is 4.79 Å². The van der Waals surface area contributed by atoms with Crippen molar-refractivity contribution in [3.05, 3.63) is 75.2 Å². The van der Waals surface area contributed by atoms with Crippen LogP contribution in [-0.2, 0) is 11.3 Å². The van der Waals surface area contributed by atoms with Gasteiger partial charge in [0.25, 0.3) is 0 Å². The van der Waals surface area contributed by atoms with Gasteiger partial charge in [0.1, 0.15) is 0 Å². The lowest BCUT2D eigenvalue weighted by Crippen LogP contribution is -2.20. The molecule has 1 N–H and O–H groups in total. The molecular weight excluding hydrogens is 374 g/mol. The molecule has 0 radical (unpaired) electrons. The van der Waals surface area contributed by atoms with E-state index in [0.717, 1.165) is 19.9 Å². The average molecular weight is 388 g/mol. The molecule has 4 nitrogen and oxygen atoms in total. The molecule has 1 aromatic carbocycles. The molecule has 116 valence electrons. The number of hydrogen-bond donors (Lipinski definition) is 1. The van der Waals surface area contributed by atoms with Crippen LogP contribution in [0.3, 0.4) is 0 Å². The molecule has 23 heavy (non-hydrogen) atoms. The van der Waals surface area contributed by atoms with Crippen LogP contribution in [0.1, 0.15) is 10.4 Å². The van der Waals surface area contributed by atoms with E-state index in [2.05, 4.69) is 26.3 Å². The molecule has 0 bridgehead atoms. The number of nitrogens with zero attached hydrogens (tertiary/aromatic N) is 2. The molecule has 2 heterocycles. The smallest absolute Gasteiger partial charge is 0.244 e. The summed E-state index contributed by atoms with van der Waals surface area (Å²) in [6.45, 7) is 0.497. The van der Waals surface area contributed by atoms with Gasteiger partial charge in [0.2, 0.25) is 5.91 Å². The Morgan fingerprint density at radius 3 is 2.74 bits per heavy atom. The predicted molar refractivity (Wildman–Crippen MR) is 96.5 cm³/mol. The number of aromatic nitrogens is 2. The zero-order chi connectivity index (χ0) is 16.1. The number of halogens is 1. The molecule has 0 saturated carbocycles. The minimum absolute atomic E-state index is 0.106. The molecule has 0 saturated heterocycles. The average Bonchev–Trinajstić information content (AvgIpc) is 3.23. The largest absolute Gasteiger partial charge is 0.348 e. The van der Waals surface area contributed by atoms with Crippen LogP contribution in [0.25, 0.3) is 11.8 Å². The molecule has 0 aliphatic rings. The molecule has 6 heteroatoms. The number of hydrogen-bond acceptors (Lipinski definition) is 3. The highest BCUT2D eigenvalue weighted by molar-refractivity contribution is 9.11. The molecule has 1 amide bonds. The zero-order valence-electron chi connectivity index (χ0n) is 12.1. The number of thiophene rings is 1. The molecule has 3 aromatic rings. The summed E-state index contributed by atoms with van der Waals surface area (Å²) in [4.78, 5) is 12.9. The third-order valence-corrected chi connectivity index (χ3v) is 4.75. The van der Waals surface area contributed by atoms with Gasteiger partial charge in [-0.15, -0.1) is 11.3 Å². The summed E-state index contributed by atoms with van der Waals surface area (Å²) in [5, 5.41) is 7.06. The van der Waals surface area contributed by atoms with Crippen molar-refractivity contribution < 1.29 is 4.79 Å². The maximum absolute atomic E-state index is 11.8. The minimum Gasteiger partial charge on any atom is -0.348 e. The van der Waals surface area contributed by atoms with Crippen LogP contribution in [0.15, 0.2) is 64.7 Å². The second-order valence-corrected chi connectivity index (χ2v) is 7.30. The summed E-state index contributed by atoms with van der Waals surface area (Å²) in [6.07, 6.45) is 7.00. The number of amides is 1. The van der Waals surface area contributed by atoms with Crippen LogP contribution in [0.4, 0.5) is 0 Å². The van der Waals surface area contributed by atoms with E-state index < -0.39 is 0 Å². The first-order valence-electron chi connectivity index (χ1n) is 7.01. The van der Waals surface area contributed by atoms with Crippen molar-refractivity contribution in [2.45, 2.75) is 6.54 Å². The number of rotatable bonds is 5. The van der Waals surface area contributed by atoms with Crippen molar-refractivity contribution in [3.63, 3.8) is 0 Å². The Labute approximate surface area is 146 Å². The van der Waals surface area contributed by atoms with Crippen molar-refractivity contribution in [2.24, 2.45) is 0 Å². The topological polar surface area (TPSA) is 46.9 Å². The first-order valence-corrected chi connectivity index (χ1v) is 8.62. The fraction of sp³-hybridized carbons (Fsp3) is 0.0588. The summed E-state index contributed by atoms with van der Waals surface area (Å²) in [7, 11) is 0. The summed E-state index contributed by atoms with van der Waals surface area (Å²) in [5.74, 6) is -0.106. The van der Waals surface area contributed by atoms with Crippen molar-refractivity contribution >= 4 is 39.2 Å². The first kappa shape index (κ1) is 15.7. The first-order chi connectivity index (χ1) is 11.2. The second kappa shape index (κ2) is 7.39. The van der Waals surface area contributed by atoms with E-state index in [4.69, 9.17) is 0 Å². The van der Waals surface area contributed by atoms with Gasteiger partial charge >= 0.3 is 0 Å². The minimum atomic E-state index is -0.106. The molecule has 0 aliphatic heterocycles. The number of nitrogens with one attached hydrogen (secondary N) is 1. The summed E-state index contributed by atoms with van der Waals surface area (Å²) >= 11 is 4.98. The van der Waals surface area contributed by atoms with Crippen molar-refractivity contribution in [2.75, 3.05) is 0 Å². The lowest BCUT2D eigenvalue weighted by Gasteiger charge is -2.05. The van der Waals surface area contributed by atoms with Gasteiger partial charge in [-0.25, -0.2) is 4.68 Å². The SMILES string of the molecule is O=C(/C=C/c1ccc(Br)s1)NCc1ccc(-n2cccn2)cc1. The van der Waals surface area contributed by atoms with Crippen LogP contribution >= 0.6 is 27.3 Å². The summed E-state index contributed by atoms with van der Waals surface area (Å²) in [6, 6.07) is 13.7. The number of benzene rings is 1. The lowest BCUT2D eigenvalue weighted by atomic mass is 10.2. The molecule has 0 spiro atoms. The zero-order valence-corrected chi connectivity index (χ0v) is 14.5. The highest BCUT2D eigenvalue weighted by atomic mass is 79.9. The lowest BCUT2D eigenvalue weighted by molar-refractivity contribution is -0.116. The Hall–Kier alpha value is -2.18. The predicted octanol–water partition coefficient (Wildman–Crippen LogP) is 4.03. The van der Waals surface area contributed by atoms with Gasteiger partial charge in [0.05, 0.1) is 9.47 Å². The Bertz CT molecular complexity index is 807. The third kappa shape index (κ3) is 4.40. The van der Waals surface area contributed by atoms with Gasteiger partial charge in [0, 0.05) is 29.9 Å². The molecule has 2 aromatic heterocycles. The monoisotopic (exact) mass is 387 g/mol. The van der Waals surface area contributed by atoms with Crippen molar-refractivity contribution in [1.82, 2.24) is 15.1 Å². The van der Waals surface area contributed by atoms with E-state index in [0.29, 0.717) is 6.54 Å². The van der Waals surface area contributed by atoms with Crippen LogP contribution in [-0.4, -0.2) is 15.7 Å². The Balaban J connectivity index is 1.53. The van der Waals surface area contributed by atoms with E-state index in [1.807, 2.05) is 54.7 Å². The third-order valence-electron chi connectivity index (χ3n) is 3.16. The summed E-state index contributed by atoms with van der Waals surface area (Å²) < 4.78 is 2.85. The van der Waals surface area contributed by atoms with Crippen LogP contribution in [0.5, 0.6) is 0 Å². The second-order valence-electron chi connectivity index (χ2n) is 4.81. The van der Waals surface area contributed by atoms with Crippen LogP contribution in [0, 0.1) is 0 Å². The van der Waals surface area contributed by atoms with Gasteiger partial charge in [0.15, 0.2) is 0 Å². The quantitative estimate of drug-likeness (QED) is 0.671. The Kier molecular flexibility index (Phi) is 5.05. The van der Waals surface area contributed by atoms with Crippen LogP contribution in [0.2, 0.25) is 0 Å². The molecular formula is C17H14BrN3OS. The van der Waals surface area contributed by atoms with Gasteiger partial charge in [-0.2, -0.15) is 5.10 Å². The van der Waals surface area contributed by atoms with E-state index in [1.165, 1.54) is 0 Å². The molecule has 0 unspecified atom stereocenters. The van der Waals surface area contributed by atoms with Gasteiger partial charge in [-0.1, -0.05) is 12.1 Å². The standard InChI is InChI=1S/C17H14BrN3OS/c18-16-8-6-15(23-16)7-9-17(22)19-12-13-2-4-14(5-3-13)21-11-1-10-20-21/h1-11H,12H2,(H,19,22)/b9-7+. The Morgan fingerprint density at radius 2 is 2.09 bits per heavy atom. The van der Waals surface area contributed by atoms with Crippen molar-refractivity contribution in [3.8, 4) is 5.69 Å². The maximum atomic E-state index is 11.8. The molecule has 0 atom stereocenters. The number of carbonyl (C=O) groups is 1. The van der Waals surface area contributed by atoms with E-state index in [1.54, 1.807) is 28.3 Å². The molecule has 3 rings (SSSR count). The Morgan fingerprint density at radius 1 is 1.26 bits per heavy atom. The summed E-state index contributed by atoms with van der Waals surface area (Å²) in [5.41, 5.74) is 2.04. The van der Waals surface area contributed by atoms with E-state index in [-0.39, 0.29) is 5.91 Å². The highest BCUT2D eigenvalue weighted by Gasteiger charge is 2.00. The van der Waals surface area contributed by atoms with E-state index >= 15 is 0 Å². The van der Waals surface area contributed by atoms with Gasteiger partial charge < -0.3 is 5.32 Å². The molecule has 0 fully saturated rings. The normalized spacial score (nSPS) is 11.0. The van der Waals surface area contributed by atoms with Crippen molar-refractivity contribution in [1.29, 1.82) is 0 Å². The fourth-order valence-corrected chi connectivity index (χ4v) is 3.34. The van der Waals surface area contributed by atoms with E-state index in [9.17, 15) is 4.79 Å². The maximum Gasteiger partial charge on any atom is 0.244 e. The van der Waals surface area contributed by atoms with Crippen LogP contribution < -0.4 is 5.32 Å². The molecule has 0 aliphatic carbocycles. The highest BCUT2D eigenvalue weighted by Crippen LogP contribution is 2.22. The number of carbonyl (C=O) groups excluding carboxylic acids is 1. The fourth-order valence-electron chi connectivity index (χ4n) is 2.01. The van der Waals surface area contributed by atoms with Gasteiger partial charge in [-0.05, 0) is 57.9 Å².